The van der Waals surface area contributed by atoms with E-state index in [0.29, 0.717) is 29.4 Å². The van der Waals surface area contributed by atoms with Crippen LogP contribution in [0.5, 0.6) is 23.0 Å². The van der Waals surface area contributed by atoms with E-state index in [9.17, 15) is 15.0 Å². The first-order valence-corrected chi connectivity index (χ1v) is 12.7. The predicted octanol–water partition coefficient (Wildman–Crippen LogP) is 6.45. The fourth-order valence-corrected chi connectivity index (χ4v) is 3.85. The molecule has 4 rings (SSSR count). The highest BCUT2D eigenvalue weighted by Crippen LogP contribution is 2.28. The van der Waals surface area contributed by atoms with Gasteiger partial charge in [0, 0.05) is 0 Å². The van der Waals surface area contributed by atoms with E-state index in [1.54, 1.807) is 53.2 Å². The predicted molar refractivity (Wildman–Crippen MR) is 156 cm³/mol. The summed E-state index contributed by atoms with van der Waals surface area (Å²) in [6, 6.07) is 19.2. The summed E-state index contributed by atoms with van der Waals surface area (Å²) in [5.74, 6) is 0.782. The maximum atomic E-state index is 12.4. The van der Waals surface area contributed by atoms with Crippen LogP contribution >= 0.6 is 0 Å². The third kappa shape index (κ3) is 6.91. The van der Waals surface area contributed by atoms with Gasteiger partial charge in [-0.1, -0.05) is 38.1 Å². The molecule has 0 aliphatic rings. The summed E-state index contributed by atoms with van der Waals surface area (Å²) < 4.78 is 17.5. The number of nitrogens with zero attached hydrogens (tertiary/aromatic N) is 2. The number of aromatic hydroxyl groups is 2. The van der Waals surface area contributed by atoms with Crippen molar-refractivity contribution in [2.75, 3.05) is 20.8 Å². The van der Waals surface area contributed by atoms with Gasteiger partial charge in [0.25, 0.3) is 0 Å². The molecule has 0 atom stereocenters. The van der Waals surface area contributed by atoms with E-state index in [4.69, 9.17) is 19.3 Å². The highest BCUT2D eigenvalue weighted by molar-refractivity contribution is 5.89. The topological polar surface area (TPSA) is 103 Å². The molecule has 40 heavy (non-hydrogen) atoms. The van der Waals surface area contributed by atoms with E-state index < -0.39 is 0 Å². The van der Waals surface area contributed by atoms with Crippen LogP contribution in [-0.2, 0) is 4.74 Å². The lowest BCUT2D eigenvalue weighted by Gasteiger charge is -2.09. The van der Waals surface area contributed by atoms with Gasteiger partial charge >= 0.3 is 5.97 Å². The number of carbonyl (C=O) groups is 1. The molecular weight excluding hydrogens is 508 g/mol. The Morgan fingerprint density at radius 1 is 0.825 bits per heavy atom. The van der Waals surface area contributed by atoms with Crippen molar-refractivity contribution in [3.63, 3.8) is 0 Å². The molecule has 0 fully saturated rings. The minimum Gasteiger partial charge on any atom is -0.504 e. The van der Waals surface area contributed by atoms with Gasteiger partial charge in [-0.05, 0) is 83.8 Å². The zero-order chi connectivity index (χ0) is 28.6. The molecule has 8 heteroatoms. The quantitative estimate of drug-likeness (QED) is 0.223. The van der Waals surface area contributed by atoms with E-state index >= 15 is 0 Å². The molecule has 0 bridgehead atoms. The van der Waals surface area contributed by atoms with E-state index in [2.05, 4.69) is 0 Å². The summed E-state index contributed by atoms with van der Waals surface area (Å²) in [5, 5.41) is 24.6. The van der Waals surface area contributed by atoms with Gasteiger partial charge in [0.1, 0.15) is 0 Å². The van der Waals surface area contributed by atoms with Crippen molar-refractivity contribution >= 4 is 30.3 Å². The number of methoxy groups -OCH3 is 2. The molecule has 2 N–H and O–H groups in total. The van der Waals surface area contributed by atoms with Crippen molar-refractivity contribution in [1.82, 2.24) is 9.78 Å². The molecule has 0 saturated carbocycles. The van der Waals surface area contributed by atoms with Gasteiger partial charge in [-0.3, -0.25) is 0 Å². The normalized spacial score (nSPS) is 11.4. The lowest BCUT2D eigenvalue weighted by molar-refractivity contribution is 0.0459. The van der Waals surface area contributed by atoms with Crippen LogP contribution in [0.15, 0.2) is 66.7 Å². The van der Waals surface area contributed by atoms with Gasteiger partial charge in [0.2, 0.25) is 0 Å². The highest BCUT2D eigenvalue weighted by Gasteiger charge is 2.11. The van der Waals surface area contributed by atoms with Gasteiger partial charge in [0.15, 0.2) is 23.0 Å². The Balaban J connectivity index is 1.67. The monoisotopic (exact) mass is 540 g/mol. The summed E-state index contributed by atoms with van der Waals surface area (Å²) in [4.78, 5) is 12.4. The second kappa shape index (κ2) is 12.7. The Kier molecular flexibility index (Phi) is 8.91. The summed E-state index contributed by atoms with van der Waals surface area (Å²) in [6.07, 6.45) is 7.54. The van der Waals surface area contributed by atoms with Crippen molar-refractivity contribution in [3.8, 4) is 28.7 Å². The molecule has 1 heterocycles. The van der Waals surface area contributed by atoms with E-state index in [1.165, 1.54) is 14.2 Å². The first-order valence-electron chi connectivity index (χ1n) is 12.7. The number of carbonyl (C=O) groups excluding carboxylic acids is 1. The fourth-order valence-electron chi connectivity index (χ4n) is 3.85. The molecule has 3 aromatic carbocycles. The van der Waals surface area contributed by atoms with Crippen LogP contribution in [0.3, 0.4) is 0 Å². The Hall–Kier alpha value is -4.98. The number of ether oxygens (including phenoxy) is 3. The summed E-state index contributed by atoms with van der Waals surface area (Å²) in [5.41, 5.74) is 4.36. The van der Waals surface area contributed by atoms with Crippen LogP contribution in [0.25, 0.3) is 30.0 Å². The van der Waals surface area contributed by atoms with Crippen molar-refractivity contribution in [1.29, 1.82) is 0 Å². The minimum absolute atomic E-state index is 0.0648. The van der Waals surface area contributed by atoms with Gasteiger partial charge in [-0.2, -0.15) is 5.10 Å². The van der Waals surface area contributed by atoms with E-state index in [-0.39, 0.29) is 23.4 Å². The van der Waals surface area contributed by atoms with Crippen LogP contribution in [0.2, 0.25) is 0 Å². The Bertz CT molecular complexity index is 1530. The van der Waals surface area contributed by atoms with E-state index in [0.717, 1.165) is 22.5 Å². The van der Waals surface area contributed by atoms with Crippen LogP contribution in [0.1, 0.15) is 46.7 Å². The lowest BCUT2D eigenvalue weighted by Crippen LogP contribution is -2.10. The molecule has 0 spiro atoms. The van der Waals surface area contributed by atoms with Crippen LogP contribution in [-0.4, -0.2) is 46.8 Å². The van der Waals surface area contributed by atoms with Crippen molar-refractivity contribution in [2.45, 2.75) is 13.8 Å². The number of phenolic OH excluding ortho intramolecular Hbond substituents is 2. The Morgan fingerprint density at radius 2 is 1.40 bits per heavy atom. The smallest absolute Gasteiger partial charge is 0.338 e. The largest absolute Gasteiger partial charge is 0.504 e. The van der Waals surface area contributed by atoms with E-state index in [1.807, 2.05) is 56.4 Å². The summed E-state index contributed by atoms with van der Waals surface area (Å²) >= 11 is 0. The molecular formula is C32H32N2O6. The zero-order valence-electron chi connectivity index (χ0n) is 22.9. The molecule has 206 valence electrons. The Morgan fingerprint density at radius 3 is 1.95 bits per heavy atom. The minimum atomic E-state index is -0.366. The number of hydrogen-bond donors (Lipinski definition) is 2. The first kappa shape index (κ1) is 28.0. The molecule has 4 aromatic rings. The second-order valence-electron chi connectivity index (χ2n) is 9.47. The lowest BCUT2D eigenvalue weighted by atomic mass is 10.1. The molecule has 0 aliphatic heterocycles. The molecule has 0 saturated heterocycles. The van der Waals surface area contributed by atoms with Crippen molar-refractivity contribution in [2.24, 2.45) is 5.92 Å². The summed E-state index contributed by atoms with van der Waals surface area (Å²) in [7, 11) is 3.00. The maximum Gasteiger partial charge on any atom is 0.338 e. The van der Waals surface area contributed by atoms with Gasteiger partial charge in [0.05, 0.1) is 43.5 Å². The number of hydrogen-bond acceptors (Lipinski definition) is 7. The van der Waals surface area contributed by atoms with Gasteiger partial charge in [-0.15, -0.1) is 0 Å². The molecule has 0 unspecified atom stereocenters. The molecule has 8 nitrogen and oxygen atoms in total. The average molecular weight is 541 g/mol. The molecule has 1 aromatic heterocycles. The zero-order valence-corrected chi connectivity index (χ0v) is 22.9. The number of benzene rings is 3. The second-order valence-corrected chi connectivity index (χ2v) is 9.47. The van der Waals surface area contributed by atoms with Crippen LogP contribution in [0, 0.1) is 5.92 Å². The molecule has 0 aliphatic carbocycles. The van der Waals surface area contributed by atoms with Gasteiger partial charge in [-0.25, -0.2) is 9.48 Å². The van der Waals surface area contributed by atoms with Crippen molar-refractivity contribution < 1.29 is 29.2 Å². The number of rotatable bonds is 10. The average Bonchev–Trinajstić information content (AvgIpc) is 3.38. The number of aromatic nitrogens is 2. The SMILES string of the molecule is COc1cc(/C=C/c2cc(/C=C/c3ccc(O)c(OC)c3)n(-c3ccc(C(=O)OCC(C)C)cc3)n2)ccc1O. The number of phenols is 2. The van der Waals surface area contributed by atoms with Gasteiger partial charge < -0.3 is 24.4 Å². The molecule has 0 amide bonds. The maximum absolute atomic E-state index is 12.4. The first-order chi connectivity index (χ1) is 19.3. The highest BCUT2D eigenvalue weighted by atomic mass is 16.5. The Labute approximate surface area is 233 Å². The third-order valence-electron chi connectivity index (χ3n) is 5.95. The summed E-state index contributed by atoms with van der Waals surface area (Å²) in [6.45, 7) is 4.34. The van der Waals surface area contributed by atoms with Crippen molar-refractivity contribution in [3.05, 3.63) is 94.8 Å². The fraction of sp³-hybridized carbons (Fsp3) is 0.188. The standard InChI is InChI=1S/C32H32N2O6/c1-21(2)20-40-32(37)24-9-13-26(14-10-24)34-27(12-6-23-8-16-29(36)31(18-23)39-4)19-25(33-34)11-5-22-7-15-28(35)30(17-22)38-3/h5-19,21,35-36H,20H2,1-4H3/b11-5+,12-6+. The van der Waals surface area contributed by atoms with Crippen LogP contribution < -0.4 is 9.47 Å². The van der Waals surface area contributed by atoms with Crippen LogP contribution in [0.4, 0.5) is 0 Å². The third-order valence-corrected chi connectivity index (χ3v) is 5.95. The molecule has 0 radical (unpaired) electrons. The number of esters is 1.